The van der Waals surface area contributed by atoms with E-state index in [-0.39, 0.29) is 6.04 Å². The molecule has 3 aromatic rings. The van der Waals surface area contributed by atoms with Crippen molar-refractivity contribution in [3.8, 4) is 0 Å². The zero-order chi connectivity index (χ0) is 15.2. The standard InChI is InChI=1S/C20H20N2/c1-17(18-11-5-2-6-12-18)21-22(19-13-7-3-8-14-19)20-15-9-4-10-16-20/h2-17,21H,1H3. The largest absolute Gasteiger partial charge is 0.276 e. The van der Waals surface area contributed by atoms with E-state index in [0.29, 0.717) is 0 Å². The first-order valence-electron chi connectivity index (χ1n) is 7.56. The lowest BCUT2D eigenvalue weighted by molar-refractivity contribution is 0.585. The van der Waals surface area contributed by atoms with Crippen LogP contribution in [-0.4, -0.2) is 0 Å². The molecule has 0 spiro atoms. The van der Waals surface area contributed by atoms with Crippen molar-refractivity contribution in [1.29, 1.82) is 0 Å². The summed E-state index contributed by atoms with van der Waals surface area (Å²) in [7, 11) is 0. The van der Waals surface area contributed by atoms with Crippen LogP contribution in [-0.2, 0) is 0 Å². The smallest absolute Gasteiger partial charge is 0.0578 e. The molecular weight excluding hydrogens is 268 g/mol. The van der Waals surface area contributed by atoms with E-state index in [2.05, 4.69) is 90.2 Å². The first-order chi connectivity index (χ1) is 10.8. The lowest BCUT2D eigenvalue weighted by Crippen LogP contribution is -2.35. The number of hydrogen-bond acceptors (Lipinski definition) is 2. The molecule has 110 valence electrons. The first-order valence-corrected chi connectivity index (χ1v) is 7.56. The second-order valence-electron chi connectivity index (χ2n) is 5.27. The molecule has 0 heterocycles. The Bertz CT molecular complexity index is 641. The van der Waals surface area contributed by atoms with Crippen LogP contribution < -0.4 is 10.4 Å². The van der Waals surface area contributed by atoms with Crippen molar-refractivity contribution in [2.75, 3.05) is 5.01 Å². The van der Waals surface area contributed by atoms with Gasteiger partial charge in [-0.25, -0.2) is 5.43 Å². The van der Waals surface area contributed by atoms with Gasteiger partial charge < -0.3 is 0 Å². The van der Waals surface area contributed by atoms with Crippen molar-refractivity contribution in [2.45, 2.75) is 13.0 Å². The monoisotopic (exact) mass is 288 g/mol. The minimum atomic E-state index is 0.210. The first kappa shape index (κ1) is 14.4. The Morgan fingerprint density at radius 2 is 1.05 bits per heavy atom. The summed E-state index contributed by atoms with van der Waals surface area (Å²) >= 11 is 0. The number of nitrogens with zero attached hydrogens (tertiary/aromatic N) is 1. The van der Waals surface area contributed by atoms with Gasteiger partial charge in [0.1, 0.15) is 0 Å². The molecule has 0 aliphatic rings. The molecule has 0 fully saturated rings. The van der Waals surface area contributed by atoms with Crippen molar-refractivity contribution in [2.24, 2.45) is 0 Å². The molecule has 0 aliphatic heterocycles. The summed E-state index contributed by atoms with van der Waals surface area (Å²) < 4.78 is 0. The summed E-state index contributed by atoms with van der Waals surface area (Å²) in [6.45, 7) is 2.17. The van der Waals surface area contributed by atoms with E-state index in [1.807, 2.05) is 18.2 Å². The van der Waals surface area contributed by atoms with Crippen LogP contribution in [0.5, 0.6) is 0 Å². The topological polar surface area (TPSA) is 15.3 Å². The van der Waals surface area contributed by atoms with Gasteiger partial charge in [0.05, 0.1) is 11.4 Å². The van der Waals surface area contributed by atoms with Crippen LogP contribution in [0.1, 0.15) is 18.5 Å². The van der Waals surface area contributed by atoms with Crippen LogP contribution in [0.25, 0.3) is 0 Å². The predicted molar refractivity (Wildman–Crippen MR) is 93.0 cm³/mol. The Morgan fingerprint density at radius 3 is 1.50 bits per heavy atom. The van der Waals surface area contributed by atoms with Gasteiger partial charge in [0, 0.05) is 6.04 Å². The molecular formula is C20H20N2. The quantitative estimate of drug-likeness (QED) is 0.658. The van der Waals surface area contributed by atoms with Crippen LogP contribution in [0, 0.1) is 0 Å². The van der Waals surface area contributed by atoms with E-state index >= 15 is 0 Å². The fraction of sp³-hybridized carbons (Fsp3) is 0.100. The second-order valence-corrected chi connectivity index (χ2v) is 5.27. The van der Waals surface area contributed by atoms with E-state index in [0.717, 1.165) is 11.4 Å². The van der Waals surface area contributed by atoms with Gasteiger partial charge in [-0.2, -0.15) is 0 Å². The molecule has 1 unspecified atom stereocenters. The summed E-state index contributed by atoms with van der Waals surface area (Å²) in [4.78, 5) is 0. The maximum atomic E-state index is 3.60. The minimum Gasteiger partial charge on any atom is -0.276 e. The Hall–Kier alpha value is -2.58. The molecule has 0 aliphatic carbocycles. The van der Waals surface area contributed by atoms with E-state index < -0.39 is 0 Å². The highest BCUT2D eigenvalue weighted by molar-refractivity contribution is 5.61. The van der Waals surface area contributed by atoms with Gasteiger partial charge in [0.25, 0.3) is 0 Å². The van der Waals surface area contributed by atoms with Gasteiger partial charge >= 0.3 is 0 Å². The maximum absolute atomic E-state index is 3.60. The van der Waals surface area contributed by atoms with Gasteiger partial charge in [0.2, 0.25) is 0 Å². The molecule has 3 rings (SSSR count). The van der Waals surface area contributed by atoms with Crippen molar-refractivity contribution in [1.82, 2.24) is 5.43 Å². The third-order valence-corrected chi connectivity index (χ3v) is 3.65. The third-order valence-electron chi connectivity index (χ3n) is 3.65. The maximum Gasteiger partial charge on any atom is 0.0578 e. The molecule has 0 saturated heterocycles. The third kappa shape index (κ3) is 3.35. The van der Waals surface area contributed by atoms with Crippen LogP contribution >= 0.6 is 0 Å². The van der Waals surface area contributed by atoms with Crippen LogP contribution in [0.3, 0.4) is 0 Å². The van der Waals surface area contributed by atoms with Crippen LogP contribution in [0.4, 0.5) is 11.4 Å². The molecule has 2 nitrogen and oxygen atoms in total. The summed E-state index contributed by atoms with van der Waals surface area (Å²) in [5.74, 6) is 0. The highest BCUT2D eigenvalue weighted by Gasteiger charge is 2.13. The molecule has 1 N–H and O–H groups in total. The van der Waals surface area contributed by atoms with Crippen LogP contribution in [0.2, 0.25) is 0 Å². The number of rotatable bonds is 5. The molecule has 22 heavy (non-hydrogen) atoms. The van der Waals surface area contributed by atoms with E-state index in [1.165, 1.54) is 5.56 Å². The molecule has 0 bridgehead atoms. The number of hydrogen-bond donors (Lipinski definition) is 1. The van der Waals surface area contributed by atoms with Gasteiger partial charge in [-0.15, -0.1) is 0 Å². The SMILES string of the molecule is CC(NN(c1ccccc1)c1ccccc1)c1ccccc1. The predicted octanol–water partition coefficient (Wildman–Crippen LogP) is 5.09. The highest BCUT2D eigenvalue weighted by atomic mass is 15.5. The Labute approximate surface area is 132 Å². The number of para-hydroxylation sites is 2. The van der Waals surface area contributed by atoms with Crippen molar-refractivity contribution < 1.29 is 0 Å². The van der Waals surface area contributed by atoms with Gasteiger partial charge in [-0.05, 0) is 36.8 Å². The molecule has 3 aromatic carbocycles. The van der Waals surface area contributed by atoms with Crippen molar-refractivity contribution in [3.05, 3.63) is 96.6 Å². The molecule has 0 radical (unpaired) electrons. The Balaban J connectivity index is 1.90. The average Bonchev–Trinajstić information content (AvgIpc) is 2.62. The van der Waals surface area contributed by atoms with Gasteiger partial charge in [-0.3, -0.25) is 5.01 Å². The second kappa shape index (κ2) is 6.92. The zero-order valence-corrected chi connectivity index (χ0v) is 12.7. The van der Waals surface area contributed by atoms with Crippen molar-refractivity contribution in [3.63, 3.8) is 0 Å². The van der Waals surface area contributed by atoms with E-state index in [9.17, 15) is 0 Å². The molecule has 1 atom stereocenters. The minimum absolute atomic E-state index is 0.210. The Kier molecular flexibility index (Phi) is 4.52. The van der Waals surface area contributed by atoms with Gasteiger partial charge in [-0.1, -0.05) is 66.7 Å². The molecule has 2 heteroatoms. The van der Waals surface area contributed by atoms with Gasteiger partial charge in [0.15, 0.2) is 0 Å². The summed E-state index contributed by atoms with van der Waals surface area (Å²) in [5.41, 5.74) is 7.11. The summed E-state index contributed by atoms with van der Waals surface area (Å²) in [6, 6.07) is 31.4. The van der Waals surface area contributed by atoms with E-state index in [4.69, 9.17) is 0 Å². The molecule has 0 saturated carbocycles. The number of benzene rings is 3. The number of hydrazine groups is 1. The Morgan fingerprint density at radius 1 is 0.636 bits per heavy atom. The average molecular weight is 288 g/mol. The fourth-order valence-electron chi connectivity index (χ4n) is 2.46. The number of anilines is 2. The highest BCUT2D eigenvalue weighted by Crippen LogP contribution is 2.25. The van der Waals surface area contributed by atoms with Crippen LogP contribution in [0.15, 0.2) is 91.0 Å². The normalized spacial score (nSPS) is 11.9. The summed E-state index contributed by atoms with van der Waals surface area (Å²) in [5, 5.41) is 2.14. The molecule has 0 aromatic heterocycles. The lowest BCUT2D eigenvalue weighted by atomic mass is 10.1. The lowest BCUT2D eigenvalue weighted by Gasteiger charge is -2.29. The zero-order valence-electron chi connectivity index (χ0n) is 12.7. The van der Waals surface area contributed by atoms with E-state index in [1.54, 1.807) is 0 Å². The molecule has 0 amide bonds. The summed E-state index contributed by atoms with van der Waals surface area (Å²) in [6.07, 6.45) is 0. The van der Waals surface area contributed by atoms with Crippen molar-refractivity contribution >= 4 is 11.4 Å². The number of nitrogens with one attached hydrogen (secondary N) is 1. The fourth-order valence-corrected chi connectivity index (χ4v) is 2.46.